The minimum atomic E-state index is -0.757. The van der Waals surface area contributed by atoms with Gasteiger partial charge in [-0.3, -0.25) is 0 Å². The molecule has 0 aliphatic rings. The van der Waals surface area contributed by atoms with Gasteiger partial charge >= 0.3 is 0 Å². The molecule has 1 heterocycles. The monoisotopic (exact) mass is 142 g/mol. The molecule has 1 atom stereocenters. The summed E-state index contributed by atoms with van der Waals surface area (Å²) in [5.41, 5.74) is 0. The molecule has 0 amide bonds. The third kappa shape index (κ3) is 1.78. The predicted octanol–water partition coefficient (Wildman–Crippen LogP) is -1.57. The van der Waals surface area contributed by atoms with Crippen molar-refractivity contribution in [3.05, 3.63) is 12.7 Å². The van der Waals surface area contributed by atoms with E-state index in [9.17, 15) is 0 Å². The molecule has 1 unspecified atom stereocenters. The maximum absolute atomic E-state index is 8.88. The van der Waals surface area contributed by atoms with Gasteiger partial charge in [-0.15, -0.1) is 10.2 Å². The van der Waals surface area contributed by atoms with Gasteiger partial charge in [-0.2, -0.15) is 0 Å². The van der Waals surface area contributed by atoms with Crippen molar-refractivity contribution in [3.63, 3.8) is 0 Å². The molecular formula is C5H8N3O2. The van der Waals surface area contributed by atoms with Crippen LogP contribution in [0, 0.1) is 6.33 Å². The van der Waals surface area contributed by atoms with Gasteiger partial charge in [0.25, 0.3) is 0 Å². The Morgan fingerprint density at radius 1 is 1.70 bits per heavy atom. The average molecular weight is 142 g/mol. The van der Waals surface area contributed by atoms with Crippen LogP contribution in [0.15, 0.2) is 6.33 Å². The van der Waals surface area contributed by atoms with Crippen molar-refractivity contribution >= 4 is 0 Å². The average Bonchev–Trinajstić information content (AvgIpc) is 2.40. The summed E-state index contributed by atoms with van der Waals surface area (Å²) in [5, 5.41) is 24.2. The van der Waals surface area contributed by atoms with E-state index in [0.717, 1.165) is 0 Å². The Morgan fingerprint density at radius 3 is 3.00 bits per heavy atom. The van der Waals surface area contributed by atoms with Crippen LogP contribution in [0.4, 0.5) is 0 Å². The molecule has 1 rings (SSSR count). The third-order valence-corrected chi connectivity index (χ3v) is 1.04. The fourth-order valence-electron chi connectivity index (χ4n) is 0.570. The SMILES string of the molecule is OCC(O)Cn1[c]nnc1. The molecule has 0 saturated heterocycles. The Labute approximate surface area is 57.9 Å². The van der Waals surface area contributed by atoms with E-state index in [1.54, 1.807) is 0 Å². The first-order valence-corrected chi connectivity index (χ1v) is 2.87. The largest absolute Gasteiger partial charge is 0.394 e. The molecule has 0 aliphatic carbocycles. The summed E-state index contributed by atoms with van der Waals surface area (Å²) in [4.78, 5) is 0. The van der Waals surface area contributed by atoms with Crippen molar-refractivity contribution < 1.29 is 10.2 Å². The summed E-state index contributed by atoms with van der Waals surface area (Å²) in [6.07, 6.45) is 3.16. The Balaban J connectivity index is 2.40. The molecule has 0 spiro atoms. The molecule has 0 aromatic carbocycles. The van der Waals surface area contributed by atoms with Crippen molar-refractivity contribution in [1.82, 2.24) is 14.8 Å². The van der Waals surface area contributed by atoms with Crippen LogP contribution in [-0.4, -0.2) is 37.7 Å². The summed E-state index contributed by atoms with van der Waals surface area (Å²) >= 11 is 0. The zero-order valence-electron chi connectivity index (χ0n) is 5.30. The van der Waals surface area contributed by atoms with Crippen LogP contribution in [0.1, 0.15) is 0 Å². The highest BCUT2D eigenvalue weighted by Crippen LogP contribution is 1.87. The second-order valence-corrected chi connectivity index (χ2v) is 1.92. The highest BCUT2D eigenvalue weighted by Gasteiger charge is 2.01. The van der Waals surface area contributed by atoms with E-state index in [2.05, 4.69) is 16.5 Å². The molecular weight excluding hydrogens is 134 g/mol. The van der Waals surface area contributed by atoms with Gasteiger partial charge in [0.15, 0.2) is 0 Å². The van der Waals surface area contributed by atoms with Gasteiger partial charge in [0, 0.05) is 0 Å². The summed E-state index contributed by atoms with van der Waals surface area (Å²) < 4.78 is 1.47. The van der Waals surface area contributed by atoms with Gasteiger partial charge < -0.3 is 14.8 Å². The number of rotatable bonds is 3. The van der Waals surface area contributed by atoms with Crippen LogP contribution in [0.25, 0.3) is 0 Å². The molecule has 1 aromatic heterocycles. The van der Waals surface area contributed by atoms with E-state index in [-0.39, 0.29) is 13.2 Å². The van der Waals surface area contributed by atoms with E-state index in [4.69, 9.17) is 10.2 Å². The predicted molar refractivity (Wildman–Crippen MR) is 32.0 cm³/mol. The number of aromatic nitrogens is 3. The molecule has 0 aliphatic heterocycles. The first-order chi connectivity index (χ1) is 4.83. The summed E-state index contributed by atoms with van der Waals surface area (Å²) in [6.45, 7) is 0.0233. The highest BCUT2D eigenvalue weighted by atomic mass is 16.3. The second-order valence-electron chi connectivity index (χ2n) is 1.92. The zero-order chi connectivity index (χ0) is 7.40. The smallest absolute Gasteiger partial charge is 0.201 e. The quantitative estimate of drug-likeness (QED) is 0.535. The second kappa shape index (κ2) is 3.28. The van der Waals surface area contributed by atoms with Crippen LogP contribution in [0.5, 0.6) is 0 Å². The first kappa shape index (κ1) is 7.17. The molecule has 0 fully saturated rings. The van der Waals surface area contributed by atoms with E-state index in [1.165, 1.54) is 10.9 Å². The number of aliphatic hydroxyl groups excluding tert-OH is 2. The third-order valence-electron chi connectivity index (χ3n) is 1.04. The summed E-state index contributed by atoms with van der Waals surface area (Å²) in [6, 6.07) is 0. The molecule has 0 bridgehead atoms. The fourth-order valence-corrected chi connectivity index (χ4v) is 0.570. The van der Waals surface area contributed by atoms with E-state index >= 15 is 0 Å². The number of aliphatic hydroxyl groups is 2. The van der Waals surface area contributed by atoms with Crippen molar-refractivity contribution in [2.45, 2.75) is 12.6 Å². The lowest BCUT2D eigenvalue weighted by Crippen LogP contribution is -2.18. The molecule has 55 valence electrons. The molecule has 5 nitrogen and oxygen atoms in total. The highest BCUT2D eigenvalue weighted by molar-refractivity contribution is 4.61. The lowest BCUT2D eigenvalue weighted by atomic mass is 10.4. The molecule has 1 aromatic rings. The number of hydrogen-bond acceptors (Lipinski definition) is 4. The Bertz CT molecular complexity index is 175. The van der Waals surface area contributed by atoms with Crippen LogP contribution >= 0.6 is 0 Å². The zero-order valence-corrected chi connectivity index (χ0v) is 5.30. The van der Waals surface area contributed by atoms with E-state index in [1.807, 2.05) is 0 Å². The Morgan fingerprint density at radius 2 is 2.50 bits per heavy atom. The van der Waals surface area contributed by atoms with E-state index < -0.39 is 6.10 Å². The van der Waals surface area contributed by atoms with Gasteiger partial charge in [-0.05, 0) is 0 Å². The van der Waals surface area contributed by atoms with Crippen LogP contribution < -0.4 is 0 Å². The first-order valence-electron chi connectivity index (χ1n) is 2.87. The van der Waals surface area contributed by atoms with Gasteiger partial charge in [-0.1, -0.05) is 0 Å². The topological polar surface area (TPSA) is 71.2 Å². The maximum atomic E-state index is 8.88. The van der Waals surface area contributed by atoms with E-state index in [0.29, 0.717) is 0 Å². The van der Waals surface area contributed by atoms with Gasteiger partial charge in [0.2, 0.25) is 6.33 Å². The lowest BCUT2D eigenvalue weighted by Gasteiger charge is -2.04. The Hall–Kier alpha value is -0.940. The fraction of sp³-hybridized carbons (Fsp3) is 0.600. The Kier molecular flexibility index (Phi) is 2.35. The van der Waals surface area contributed by atoms with Crippen LogP contribution in [0.2, 0.25) is 0 Å². The maximum Gasteiger partial charge on any atom is 0.201 e. The number of nitrogens with zero attached hydrogens (tertiary/aromatic N) is 3. The molecule has 5 heteroatoms. The molecule has 0 saturated carbocycles. The van der Waals surface area contributed by atoms with Gasteiger partial charge in [-0.25, -0.2) is 0 Å². The van der Waals surface area contributed by atoms with Crippen molar-refractivity contribution in [2.75, 3.05) is 6.61 Å². The van der Waals surface area contributed by atoms with Crippen LogP contribution in [-0.2, 0) is 6.54 Å². The standard InChI is InChI=1S/C5H8N3O2/c9-2-5(10)1-8-3-6-7-4-8/h3,5,9-10H,1-2H2. The normalized spacial score (nSPS) is 13.4. The van der Waals surface area contributed by atoms with Crippen molar-refractivity contribution in [3.8, 4) is 0 Å². The molecule has 10 heavy (non-hydrogen) atoms. The summed E-state index contributed by atoms with van der Waals surface area (Å²) in [7, 11) is 0. The summed E-state index contributed by atoms with van der Waals surface area (Å²) in [5.74, 6) is 0. The molecule has 2 N–H and O–H groups in total. The minimum absolute atomic E-state index is 0.258. The molecule has 1 radical (unpaired) electrons. The lowest BCUT2D eigenvalue weighted by molar-refractivity contribution is 0.0809. The van der Waals surface area contributed by atoms with Gasteiger partial charge in [0.05, 0.1) is 19.3 Å². The van der Waals surface area contributed by atoms with Gasteiger partial charge in [0.1, 0.15) is 6.33 Å². The minimum Gasteiger partial charge on any atom is -0.394 e. The van der Waals surface area contributed by atoms with Crippen molar-refractivity contribution in [1.29, 1.82) is 0 Å². The number of hydrogen-bond donors (Lipinski definition) is 2. The van der Waals surface area contributed by atoms with Crippen LogP contribution in [0.3, 0.4) is 0 Å². The van der Waals surface area contributed by atoms with Crippen molar-refractivity contribution in [2.24, 2.45) is 0 Å².